The molecule has 1 aliphatic rings. The largest absolute Gasteiger partial charge is 0.331 e. The van der Waals surface area contributed by atoms with E-state index in [1.165, 1.54) is 0 Å². The highest BCUT2D eigenvalue weighted by molar-refractivity contribution is 6.03. The lowest BCUT2D eigenvalue weighted by Crippen LogP contribution is -2.35. The molecule has 0 aliphatic carbocycles. The average Bonchev–Trinajstić information content (AvgIpc) is 2.19. The molecule has 3 nitrogen and oxygen atoms in total. The molecule has 0 fully saturated rings. The molecular weight excluding hydrogens is 186 g/mol. The highest BCUT2D eigenvalue weighted by atomic mass is 15.2. The monoisotopic (exact) mass is 197 g/mol. The predicted molar refractivity (Wildman–Crippen MR) is 62.1 cm³/mol. The molecule has 0 radical (unpaired) electrons. The Kier molecular flexibility index (Phi) is 4.02. The molecule has 0 spiro atoms. The summed E-state index contributed by atoms with van der Waals surface area (Å²) < 4.78 is 0. The van der Waals surface area contributed by atoms with Crippen molar-refractivity contribution in [1.29, 1.82) is 0 Å². The summed E-state index contributed by atoms with van der Waals surface area (Å²) in [7, 11) is 0. The van der Waals surface area contributed by atoms with E-state index >= 15 is 0 Å². The average molecular weight is 197 g/mol. The van der Waals surface area contributed by atoms with Gasteiger partial charge in [-0.15, -0.1) is 25.2 Å². The van der Waals surface area contributed by atoms with Crippen LogP contribution in [0.15, 0.2) is 9.98 Å². The van der Waals surface area contributed by atoms with Crippen molar-refractivity contribution in [3.8, 4) is 37.0 Å². The molecule has 0 aromatic rings. The summed E-state index contributed by atoms with van der Waals surface area (Å²) in [6.45, 7) is 0. The molecule has 0 saturated carbocycles. The summed E-state index contributed by atoms with van der Waals surface area (Å²) in [6, 6.07) is 0. The first-order valence-electron chi connectivity index (χ1n) is 4.51. The van der Waals surface area contributed by atoms with Gasteiger partial charge in [-0.1, -0.05) is 11.8 Å². The molecule has 15 heavy (non-hydrogen) atoms. The van der Waals surface area contributed by atoms with Crippen LogP contribution in [-0.2, 0) is 0 Å². The molecule has 0 aromatic heterocycles. The summed E-state index contributed by atoms with van der Waals surface area (Å²) in [5.74, 6) is 8.95. The minimum atomic E-state index is -0.247. The number of terminal acetylenes is 3. The molecule has 0 unspecified atom stereocenters. The van der Waals surface area contributed by atoms with Gasteiger partial charge in [-0.3, -0.25) is 0 Å². The summed E-state index contributed by atoms with van der Waals surface area (Å²) in [6.07, 6.45) is 16.7. The van der Waals surface area contributed by atoms with Gasteiger partial charge in [0.1, 0.15) is 11.7 Å². The molecule has 1 heterocycles. The Morgan fingerprint density at radius 1 is 1.00 bits per heavy atom. The van der Waals surface area contributed by atoms with Crippen molar-refractivity contribution in [3.05, 3.63) is 0 Å². The molecule has 0 amide bonds. The van der Waals surface area contributed by atoms with Crippen molar-refractivity contribution in [3.63, 3.8) is 0 Å². The van der Waals surface area contributed by atoms with Crippen LogP contribution in [0.25, 0.3) is 0 Å². The minimum Gasteiger partial charge on any atom is -0.331 e. The Morgan fingerprint density at radius 2 is 1.53 bits per heavy atom. The van der Waals surface area contributed by atoms with Crippen molar-refractivity contribution in [1.82, 2.24) is 5.32 Å². The van der Waals surface area contributed by atoms with Crippen LogP contribution in [0.1, 0.15) is 19.3 Å². The Morgan fingerprint density at radius 3 is 1.93 bits per heavy atom. The number of amidine groups is 2. The lowest BCUT2D eigenvalue weighted by Gasteiger charge is -2.18. The van der Waals surface area contributed by atoms with Gasteiger partial charge in [-0.2, -0.15) is 0 Å². The third kappa shape index (κ3) is 3.22. The van der Waals surface area contributed by atoms with E-state index in [0.717, 1.165) is 0 Å². The van der Waals surface area contributed by atoms with E-state index in [2.05, 4.69) is 33.1 Å². The first-order valence-corrected chi connectivity index (χ1v) is 4.51. The zero-order chi connectivity index (χ0) is 11.1. The first-order chi connectivity index (χ1) is 7.30. The second kappa shape index (κ2) is 5.53. The van der Waals surface area contributed by atoms with Crippen molar-refractivity contribution < 1.29 is 0 Å². The topological polar surface area (TPSA) is 36.8 Å². The van der Waals surface area contributed by atoms with E-state index in [1.54, 1.807) is 0 Å². The Labute approximate surface area is 90.1 Å². The van der Waals surface area contributed by atoms with Gasteiger partial charge in [0, 0.05) is 0 Å². The van der Waals surface area contributed by atoms with Gasteiger partial charge >= 0.3 is 0 Å². The highest BCUT2D eigenvalue weighted by Gasteiger charge is 2.14. The lowest BCUT2D eigenvalue weighted by molar-refractivity contribution is 0.712. The van der Waals surface area contributed by atoms with Crippen LogP contribution in [0.4, 0.5) is 0 Å². The molecule has 1 rings (SSSR count). The number of hydrogen-bond acceptors (Lipinski definition) is 3. The standard InChI is InChI=1S/C12H11N3/c1-4-7-10-13-11(8-5-2)15-12(14-10)9-6-3/h1-3,10H,7-9H2,(H,13,14,15). The Hall–Kier alpha value is -2.18. The third-order valence-corrected chi connectivity index (χ3v) is 1.74. The number of aliphatic imine (C=N–C) groups is 2. The summed E-state index contributed by atoms with van der Waals surface area (Å²) in [5.41, 5.74) is 0. The zero-order valence-electron chi connectivity index (χ0n) is 8.33. The van der Waals surface area contributed by atoms with Crippen LogP contribution < -0.4 is 5.32 Å². The van der Waals surface area contributed by atoms with Crippen LogP contribution in [0.2, 0.25) is 0 Å². The van der Waals surface area contributed by atoms with Crippen molar-refractivity contribution in [2.24, 2.45) is 9.98 Å². The summed E-state index contributed by atoms with van der Waals surface area (Å²) in [4.78, 5) is 8.52. The van der Waals surface area contributed by atoms with Gasteiger partial charge in [0.05, 0.1) is 19.3 Å². The van der Waals surface area contributed by atoms with E-state index in [-0.39, 0.29) is 6.17 Å². The second-order valence-corrected chi connectivity index (χ2v) is 2.93. The van der Waals surface area contributed by atoms with Crippen LogP contribution in [-0.4, -0.2) is 17.8 Å². The number of hydrogen-bond donors (Lipinski definition) is 1. The smallest absolute Gasteiger partial charge is 0.154 e. The van der Waals surface area contributed by atoms with E-state index < -0.39 is 0 Å². The molecule has 74 valence electrons. The normalized spacial score (nSPS) is 15.0. The quantitative estimate of drug-likeness (QED) is 0.667. The Bertz CT molecular complexity index is 378. The van der Waals surface area contributed by atoms with Gasteiger partial charge in [0.2, 0.25) is 0 Å². The molecule has 1 N–H and O–H groups in total. The van der Waals surface area contributed by atoms with Gasteiger partial charge < -0.3 is 5.32 Å². The van der Waals surface area contributed by atoms with Crippen molar-refractivity contribution in [2.75, 3.05) is 0 Å². The molecule has 0 atom stereocenters. The maximum Gasteiger partial charge on any atom is 0.154 e. The molecular formula is C12H11N3. The lowest BCUT2D eigenvalue weighted by atomic mass is 10.3. The highest BCUT2D eigenvalue weighted by Crippen LogP contribution is 2.06. The van der Waals surface area contributed by atoms with Gasteiger partial charge in [-0.05, 0) is 0 Å². The van der Waals surface area contributed by atoms with Gasteiger partial charge in [0.25, 0.3) is 0 Å². The summed E-state index contributed by atoms with van der Waals surface area (Å²) in [5, 5.41) is 2.99. The number of rotatable bonds is 3. The van der Waals surface area contributed by atoms with Crippen LogP contribution in [0, 0.1) is 37.0 Å². The van der Waals surface area contributed by atoms with E-state index in [1.807, 2.05) is 0 Å². The molecule has 0 bridgehead atoms. The maximum absolute atomic E-state index is 5.21. The van der Waals surface area contributed by atoms with Gasteiger partial charge in [-0.25, -0.2) is 9.98 Å². The SMILES string of the molecule is C#CCC1=NC(CC#C)N=C(CC#C)N1. The van der Waals surface area contributed by atoms with Crippen LogP contribution in [0.5, 0.6) is 0 Å². The summed E-state index contributed by atoms with van der Waals surface area (Å²) >= 11 is 0. The number of nitrogens with zero attached hydrogens (tertiary/aromatic N) is 2. The van der Waals surface area contributed by atoms with E-state index in [0.29, 0.717) is 30.9 Å². The number of nitrogens with one attached hydrogen (secondary N) is 1. The van der Waals surface area contributed by atoms with Crippen molar-refractivity contribution in [2.45, 2.75) is 25.4 Å². The van der Waals surface area contributed by atoms with Crippen LogP contribution >= 0.6 is 0 Å². The molecule has 1 aliphatic heterocycles. The van der Waals surface area contributed by atoms with E-state index in [4.69, 9.17) is 19.3 Å². The zero-order valence-corrected chi connectivity index (χ0v) is 8.33. The fourth-order valence-corrected chi connectivity index (χ4v) is 1.19. The predicted octanol–water partition coefficient (Wildman–Crippen LogP) is 0.783. The molecule has 3 heteroatoms. The third-order valence-electron chi connectivity index (χ3n) is 1.74. The Balaban J connectivity index is 2.77. The van der Waals surface area contributed by atoms with Crippen molar-refractivity contribution >= 4 is 11.7 Å². The maximum atomic E-state index is 5.21. The second-order valence-electron chi connectivity index (χ2n) is 2.93. The first kappa shape index (κ1) is 10.9. The minimum absolute atomic E-state index is 0.247. The fourth-order valence-electron chi connectivity index (χ4n) is 1.19. The van der Waals surface area contributed by atoms with Gasteiger partial charge in [0.15, 0.2) is 6.17 Å². The van der Waals surface area contributed by atoms with E-state index in [9.17, 15) is 0 Å². The fraction of sp³-hybridized carbons (Fsp3) is 0.333. The van der Waals surface area contributed by atoms with Crippen LogP contribution in [0.3, 0.4) is 0 Å². The molecule has 0 aromatic carbocycles. The molecule has 0 saturated heterocycles.